The first-order valence-corrected chi connectivity index (χ1v) is 13.1. The third-order valence-electron chi connectivity index (χ3n) is 6.71. The Morgan fingerprint density at radius 3 is 2.45 bits per heavy atom. The van der Waals surface area contributed by atoms with E-state index in [4.69, 9.17) is 9.26 Å². The highest BCUT2D eigenvalue weighted by Crippen LogP contribution is 2.34. The molecule has 2 aromatic heterocycles. The second kappa shape index (κ2) is 11.8. The van der Waals surface area contributed by atoms with Gasteiger partial charge in [-0.05, 0) is 51.8 Å². The quantitative estimate of drug-likeness (QED) is 0.295. The van der Waals surface area contributed by atoms with Gasteiger partial charge in [-0.15, -0.1) is 0 Å². The van der Waals surface area contributed by atoms with E-state index < -0.39 is 30.0 Å². The number of ether oxygens (including phenoxy) is 1. The molecule has 1 fully saturated rings. The highest BCUT2D eigenvalue weighted by atomic mass is 79.9. The van der Waals surface area contributed by atoms with Gasteiger partial charge in [0.1, 0.15) is 23.2 Å². The standard InChI is InChI=1S/C27H29BrN4O6/c1-14-21(30-25(33)18-9-4-5-10-19(18)26(34)35)12-13-22(29-14)24-23(15(2)32-38-24)31-27(36)37-16(3)17-8-6-7-11-20(17)28/h6-8,11-13,16,18-19H,4-5,9-10H2,1-3H3,(H,30,33)(H,31,36)(H,34,35)/t16-,18?,19?/m1/s1. The number of hydrogen-bond donors (Lipinski definition) is 3. The molecule has 200 valence electrons. The first kappa shape index (κ1) is 27.3. The van der Waals surface area contributed by atoms with Gasteiger partial charge in [-0.1, -0.05) is 52.1 Å². The minimum Gasteiger partial charge on any atom is -0.481 e. The second-order valence-electron chi connectivity index (χ2n) is 9.32. The molecular formula is C27H29BrN4O6. The number of carbonyl (C=O) groups is 3. The molecule has 3 N–H and O–H groups in total. The summed E-state index contributed by atoms with van der Waals surface area (Å²) < 4.78 is 11.8. The summed E-state index contributed by atoms with van der Waals surface area (Å²) >= 11 is 3.46. The predicted octanol–water partition coefficient (Wildman–Crippen LogP) is 6.26. The average molecular weight is 585 g/mol. The highest BCUT2D eigenvalue weighted by Gasteiger charge is 2.36. The number of pyridine rings is 1. The molecule has 2 unspecified atom stereocenters. The van der Waals surface area contributed by atoms with Gasteiger partial charge in [0.25, 0.3) is 0 Å². The largest absolute Gasteiger partial charge is 0.481 e. The smallest absolute Gasteiger partial charge is 0.412 e. The second-order valence-corrected chi connectivity index (χ2v) is 10.2. The van der Waals surface area contributed by atoms with E-state index in [1.807, 2.05) is 24.3 Å². The molecule has 1 saturated carbocycles. The number of benzene rings is 1. The van der Waals surface area contributed by atoms with Crippen LogP contribution in [-0.4, -0.2) is 33.2 Å². The zero-order valence-electron chi connectivity index (χ0n) is 21.3. The van der Waals surface area contributed by atoms with E-state index in [-0.39, 0.29) is 11.7 Å². The van der Waals surface area contributed by atoms with Crippen LogP contribution in [0.1, 0.15) is 55.7 Å². The van der Waals surface area contributed by atoms with Crippen LogP contribution in [0.5, 0.6) is 0 Å². The lowest BCUT2D eigenvalue weighted by atomic mass is 9.78. The number of carboxylic acid groups (broad SMARTS) is 1. The fourth-order valence-electron chi connectivity index (χ4n) is 4.64. The SMILES string of the molecule is Cc1nc(-c2onc(C)c2NC(=O)O[C@H](C)c2ccccc2Br)ccc1NC(=O)C1CCCCC1C(=O)O. The van der Waals surface area contributed by atoms with Gasteiger partial charge in [-0.25, -0.2) is 9.78 Å². The highest BCUT2D eigenvalue weighted by molar-refractivity contribution is 9.10. The van der Waals surface area contributed by atoms with E-state index in [1.165, 1.54) is 0 Å². The first-order valence-electron chi connectivity index (χ1n) is 12.4. The van der Waals surface area contributed by atoms with Crippen LogP contribution >= 0.6 is 15.9 Å². The molecule has 0 saturated heterocycles. The fraction of sp³-hybridized carbons (Fsp3) is 0.370. The normalized spacial score (nSPS) is 17.9. The number of aryl methyl sites for hydroxylation is 2. The van der Waals surface area contributed by atoms with Crippen molar-refractivity contribution in [1.29, 1.82) is 0 Å². The molecule has 1 aliphatic carbocycles. The fourth-order valence-corrected chi connectivity index (χ4v) is 5.24. The van der Waals surface area contributed by atoms with Gasteiger partial charge in [-0.3, -0.25) is 14.9 Å². The molecule has 11 heteroatoms. The predicted molar refractivity (Wildman–Crippen MR) is 144 cm³/mol. The lowest BCUT2D eigenvalue weighted by Crippen LogP contribution is -2.36. The van der Waals surface area contributed by atoms with Crippen molar-refractivity contribution in [3.8, 4) is 11.5 Å². The van der Waals surface area contributed by atoms with Gasteiger partial charge in [0, 0.05) is 10.0 Å². The van der Waals surface area contributed by atoms with Gasteiger partial charge in [0.15, 0.2) is 0 Å². The lowest BCUT2D eigenvalue weighted by Gasteiger charge is -2.27. The molecule has 4 rings (SSSR count). The van der Waals surface area contributed by atoms with E-state index in [9.17, 15) is 19.5 Å². The molecule has 1 aromatic carbocycles. The van der Waals surface area contributed by atoms with Crippen LogP contribution in [-0.2, 0) is 14.3 Å². The molecule has 38 heavy (non-hydrogen) atoms. The Labute approximate surface area is 228 Å². The third-order valence-corrected chi connectivity index (χ3v) is 7.44. The zero-order chi connectivity index (χ0) is 27.4. The molecule has 0 aliphatic heterocycles. The lowest BCUT2D eigenvalue weighted by molar-refractivity contribution is -0.147. The minimum absolute atomic E-state index is 0.243. The van der Waals surface area contributed by atoms with Gasteiger partial charge in [-0.2, -0.15) is 0 Å². The van der Waals surface area contributed by atoms with E-state index in [2.05, 4.69) is 36.7 Å². The van der Waals surface area contributed by atoms with Crippen LogP contribution in [0, 0.1) is 25.7 Å². The monoisotopic (exact) mass is 584 g/mol. The molecule has 3 aromatic rings. The Hall–Kier alpha value is -3.73. The van der Waals surface area contributed by atoms with Crippen LogP contribution < -0.4 is 10.6 Å². The molecule has 0 spiro atoms. The number of amides is 2. The van der Waals surface area contributed by atoms with Crippen molar-refractivity contribution in [3.05, 3.63) is 57.8 Å². The van der Waals surface area contributed by atoms with Crippen molar-refractivity contribution >= 4 is 45.3 Å². The number of halogens is 1. The van der Waals surface area contributed by atoms with Crippen molar-refractivity contribution in [2.75, 3.05) is 10.6 Å². The Balaban J connectivity index is 1.47. The number of rotatable bonds is 7. The molecule has 2 amide bonds. The van der Waals surface area contributed by atoms with Crippen molar-refractivity contribution in [2.45, 2.75) is 52.6 Å². The summed E-state index contributed by atoms with van der Waals surface area (Å²) in [5.41, 5.74) is 2.97. The Kier molecular flexibility index (Phi) is 8.45. The number of aliphatic carboxylic acids is 1. The number of nitrogens with zero attached hydrogens (tertiary/aromatic N) is 2. The number of aromatic nitrogens is 2. The van der Waals surface area contributed by atoms with Crippen LogP contribution in [0.25, 0.3) is 11.5 Å². The Morgan fingerprint density at radius 2 is 1.76 bits per heavy atom. The van der Waals surface area contributed by atoms with Crippen molar-refractivity contribution in [2.24, 2.45) is 11.8 Å². The molecule has 1 aliphatic rings. The van der Waals surface area contributed by atoms with Crippen molar-refractivity contribution in [1.82, 2.24) is 10.1 Å². The van der Waals surface area contributed by atoms with Crippen molar-refractivity contribution in [3.63, 3.8) is 0 Å². The number of hydrogen-bond acceptors (Lipinski definition) is 7. The average Bonchev–Trinajstić information content (AvgIpc) is 3.24. The molecule has 2 heterocycles. The van der Waals surface area contributed by atoms with Crippen LogP contribution in [0.15, 0.2) is 45.4 Å². The molecule has 10 nitrogen and oxygen atoms in total. The number of carboxylic acids is 1. The maximum Gasteiger partial charge on any atom is 0.412 e. The summed E-state index contributed by atoms with van der Waals surface area (Å²) in [7, 11) is 0. The Bertz CT molecular complexity index is 1360. The van der Waals surface area contributed by atoms with Crippen LogP contribution in [0.2, 0.25) is 0 Å². The summed E-state index contributed by atoms with van der Waals surface area (Å²) in [6, 6.07) is 10.8. The van der Waals surface area contributed by atoms with E-state index in [0.717, 1.165) is 22.9 Å². The number of carbonyl (C=O) groups excluding carboxylic acids is 2. The minimum atomic E-state index is -0.944. The summed E-state index contributed by atoms with van der Waals surface area (Å²) in [4.78, 5) is 41.7. The van der Waals surface area contributed by atoms with Gasteiger partial charge in [0.05, 0.1) is 23.2 Å². The zero-order valence-corrected chi connectivity index (χ0v) is 22.9. The van der Waals surface area contributed by atoms with E-state index >= 15 is 0 Å². The maximum atomic E-state index is 12.9. The number of anilines is 2. The Morgan fingerprint density at radius 1 is 1.05 bits per heavy atom. The van der Waals surface area contributed by atoms with Crippen LogP contribution in [0.4, 0.5) is 16.2 Å². The molecule has 3 atom stereocenters. The third kappa shape index (κ3) is 6.04. The first-order chi connectivity index (χ1) is 18.2. The summed E-state index contributed by atoms with van der Waals surface area (Å²) in [5, 5.41) is 19.0. The van der Waals surface area contributed by atoms with Gasteiger partial charge in [0.2, 0.25) is 11.7 Å². The molecular weight excluding hydrogens is 556 g/mol. The number of nitrogens with one attached hydrogen (secondary N) is 2. The molecule has 0 radical (unpaired) electrons. The van der Waals surface area contributed by atoms with Gasteiger partial charge >= 0.3 is 12.1 Å². The molecule has 0 bridgehead atoms. The van der Waals surface area contributed by atoms with Crippen molar-refractivity contribution < 1.29 is 28.8 Å². The summed E-state index contributed by atoms with van der Waals surface area (Å²) in [5.74, 6) is -2.30. The maximum absolute atomic E-state index is 12.9. The summed E-state index contributed by atoms with van der Waals surface area (Å²) in [6.07, 6.45) is 1.47. The van der Waals surface area contributed by atoms with E-state index in [0.29, 0.717) is 41.3 Å². The summed E-state index contributed by atoms with van der Waals surface area (Å²) in [6.45, 7) is 5.17. The van der Waals surface area contributed by atoms with Gasteiger partial charge < -0.3 is 19.7 Å². The van der Waals surface area contributed by atoms with E-state index in [1.54, 1.807) is 32.9 Å². The topological polar surface area (TPSA) is 144 Å². The van der Waals surface area contributed by atoms with Crippen LogP contribution in [0.3, 0.4) is 0 Å².